The van der Waals surface area contributed by atoms with Crippen molar-refractivity contribution in [1.29, 1.82) is 0 Å². The monoisotopic (exact) mass is 215 g/mol. The highest BCUT2D eigenvalue weighted by molar-refractivity contribution is 6.60. The lowest BCUT2D eigenvalue weighted by Gasteiger charge is -2.16. The first-order valence-corrected chi connectivity index (χ1v) is 4.72. The fourth-order valence-corrected chi connectivity index (χ4v) is 1.56. The molecular formula is C10H11Cl2N. The van der Waals surface area contributed by atoms with Gasteiger partial charge in [-0.15, -0.1) is 0 Å². The Morgan fingerprint density at radius 3 is 2.15 bits per heavy atom. The summed E-state index contributed by atoms with van der Waals surface area (Å²) in [5.41, 5.74) is 1.65. The Labute approximate surface area is 88.4 Å². The molecule has 1 rings (SSSR count). The van der Waals surface area contributed by atoms with Gasteiger partial charge in [-0.3, -0.25) is 4.99 Å². The number of hydrogen-bond donors (Lipinski definition) is 0. The van der Waals surface area contributed by atoms with Crippen molar-refractivity contribution in [2.75, 3.05) is 7.05 Å². The van der Waals surface area contributed by atoms with Gasteiger partial charge in [0.2, 0.25) is 0 Å². The molecule has 0 aromatic heterocycles. The van der Waals surface area contributed by atoms with E-state index in [1.807, 2.05) is 30.3 Å². The van der Waals surface area contributed by atoms with Crippen molar-refractivity contribution in [2.24, 2.45) is 4.99 Å². The maximum atomic E-state index is 5.97. The standard InChI is InChI=1S/C10H11Cl2N/c1-10(11,12)9(13-2)8-6-4-3-5-7-8/h3-7H,1-2H3. The second-order valence-electron chi connectivity index (χ2n) is 2.83. The molecule has 70 valence electrons. The number of alkyl halides is 2. The molecule has 0 fully saturated rings. The molecule has 0 radical (unpaired) electrons. The zero-order chi connectivity index (χ0) is 9.90. The van der Waals surface area contributed by atoms with E-state index in [1.165, 1.54) is 0 Å². The summed E-state index contributed by atoms with van der Waals surface area (Å²) in [5.74, 6) is 0. The average Bonchev–Trinajstić information content (AvgIpc) is 2.05. The Bertz CT molecular complexity index is 298. The topological polar surface area (TPSA) is 12.4 Å². The van der Waals surface area contributed by atoms with Crippen LogP contribution in [0, 0.1) is 0 Å². The van der Waals surface area contributed by atoms with Gasteiger partial charge in [0.1, 0.15) is 0 Å². The van der Waals surface area contributed by atoms with Crippen LogP contribution in [0.2, 0.25) is 0 Å². The molecule has 0 bridgehead atoms. The Balaban J connectivity index is 3.08. The van der Waals surface area contributed by atoms with Crippen molar-refractivity contribution in [3.8, 4) is 0 Å². The first-order valence-electron chi connectivity index (χ1n) is 3.96. The van der Waals surface area contributed by atoms with E-state index in [9.17, 15) is 0 Å². The zero-order valence-electron chi connectivity index (χ0n) is 7.59. The van der Waals surface area contributed by atoms with Crippen LogP contribution < -0.4 is 0 Å². The molecular weight excluding hydrogens is 205 g/mol. The van der Waals surface area contributed by atoms with Crippen molar-refractivity contribution in [1.82, 2.24) is 0 Å². The Morgan fingerprint density at radius 1 is 1.23 bits per heavy atom. The third-order valence-corrected chi connectivity index (χ3v) is 2.04. The van der Waals surface area contributed by atoms with E-state index in [0.29, 0.717) is 5.71 Å². The first kappa shape index (κ1) is 10.6. The number of nitrogens with zero attached hydrogens (tertiary/aromatic N) is 1. The SMILES string of the molecule is CN=C(c1ccccc1)C(C)(Cl)Cl. The van der Waals surface area contributed by atoms with Crippen molar-refractivity contribution >= 4 is 28.9 Å². The maximum absolute atomic E-state index is 5.97. The van der Waals surface area contributed by atoms with Crippen LogP contribution in [0.5, 0.6) is 0 Å². The zero-order valence-corrected chi connectivity index (χ0v) is 9.10. The minimum absolute atomic E-state index is 0.691. The summed E-state index contributed by atoms with van der Waals surface area (Å²) in [6.07, 6.45) is 0. The summed E-state index contributed by atoms with van der Waals surface area (Å²) in [4.78, 5) is 4.08. The first-order chi connectivity index (χ1) is 6.05. The lowest BCUT2D eigenvalue weighted by atomic mass is 10.1. The molecule has 1 nitrogen and oxygen atoms in total. The van der Waals surface area contributed by atoms with Crippen LogP contribution in [0.15, 0.2) is 35.3 Å². The fourth-order valence-electron chi connectivity index (χ4n) is 1.17. The van der Waals surface area contributed by atoms with E-state index in [-0.39, 0.29) is 0 Å². The number of aliphatic imine (C=N–C) groups is 1. The third-order valence-electron chi connectivity index (χ3n) is 1.69. The number of hydrogen-bond acceptors (Lipinski definition) is 1. The molecule has 0 atom stereocenters. The van der Waals surface area contributed by atoms with Gasteiger partial charge >= 0.3 is 0 Å². The molecule has 0 aliphatic rings. The van der Waals surface area contributed by atoms with Crippen molar-refractivity contribution in [2.45, 2.75) is 11.3 Å². The van der Waals surface area contributed by atoms with Crippen molar-refractivity contribution < 1.29 is 0 Å². The summed E-state index contributed by atoms with van der Waals surface area (Å²) in [5, 5.41) is 0. The van der Waals surface area contributed by atoms with Crippen LogP contribution in [-0.4, -0.2) is 17.1 Å². The highest BCUT2D eigenvalue weighted by Crippen LogP contribution is 2.25. The van der Waals surface area contributed by atoms with Gasteiger partial charge in [-0.1, -0.05) is 53.5 Å². The lowest BCUT2D eigenvalue weighted by Crippen LogP contribution is -2.22. The fraction of sp³-hybridized carbons (Fsp3) is 0.300. The van der Waals surface area contributed by atoms with E-state index in [2.05, 4.69) is 4.99 Å². The van der Waals surface area contributed by atoms with Gasteiger partial charge < -0.3 is 0 Å². The highest BCUT2D eigenvalue weighted by atomic mass is 35.5. The molecule has 13 heavy (non-hydrogen) atoms. The van der Waals surface area contributed by atoms with Gasteiger partial charge in [0.05, 0.1) is 5.71 Å². The van der Waals surface area contributed by atoms with Crippen molar-refractivity contribution in [3.63, 3.8) is 0 Å². The second kappa shape index (κ2) is 4.12. The molecule has 0 aliphatic carbocycles. The van der Waals surface area contributed by atoms with Gasteiger partial charge in [0.15, 0.2) is 4.33 Å². The molecule has 1 aromatic carbocycles. The van der Waals surface area contributed by atoms with E-state index in [4.69, 9.17) is 23.2 Å². The second-order valence-corrected chi connectivity index (χ2v) is 4.53. The smallest absolute Gasteiger partial charge is 0.157 e. The van der Waals surface area contributed by atoms with Gasteiger partial charge in [-0.05, 0) is 12.5 Å². The summed E-state index contributed by atoms with van der Waals surface area (Å²) in [7, 11) is 1.69. The Kier molecular flexibility index (Phi) is 3.34. The molecule has 3 heteroatoms. The van der Waals surface area contributed by atoms with Crippen molar-refractivity contribution in [3.05, 3.63) is 35.9 Å². The maximum Gasteiger partial charge on any atom is 0.157 e. The minimum atomic E-state index is -0.934. The predicted octanol–water partition coefficient (Wildman–Crippen LogP) is 3.30. The van der Waals surface area contributed by atoms with Gasteiger partial charge in [0.25, 0.3) is 0 Å². The molecule has 0 unspecified atom stereocenters. The summed E-state index contributed by atoms with van der Waals surface area (Å²) < 4.78 is -0.934. The van der Waals surface area contributed by atoms with E-state index >= 15 is 0 Å². The van der Waals surface area contributed by atoms with Crippen LogP contribution >= 0.6 is 23.2 Å². The quantitative estimate of drug-likeness (QED) is 0.531. The molecule has 0 saturated heterocycles. The van der Waals surface area contributed by atoms with Crippen LogP contribution in [0.25, 0.3) is 0 Å². The third kappa shape index (κ3) is 2.71. The average molecular weight is 216 g/mol. The molecule has 0 N–H and O–H groups in total. The number of halogens is 2. The van der Waals surface area contributed by atoms with Gasteiger partial charge in [0, 0.05) is 7.05 Å². The van der Waals surface area contributed by atoms with Gasteiger partial charge in [-0.25, -0.2) is 0 Å². The highest BCUT2D eigenvalue weighted by Gasteiger charge is 2.25. The normalized spacial score (nSPS) is 13.1. The summed E-state index contributed by atoms with van der Waals surface area (Å²) in [6.45, 7) is 1.71. The van der Waals surface area contributed by atoms with Gasteiger partial charge in [-0.2, -0.15) is 0 Å². The minimum Gasteiger partial charge on any atom is -0.289 e. The van der Waals surface area contributed by atoms with Crippen LogP contribution in [0.3, 0.4) is 0 Å². The molecule has 0 heterocycles. The van der Waals surface area contributed by atoms with Crippen LogP contribution in [0.1, 0.15) is 12.5 Å². The molecule has 0 saturated carbocycles. The Morgan fingerprint density at radius 2 is 1.77 bits per heavy atom. The van der Waals surface area contributed by atoms with Crippen LogP contribution in [-0.2, 0) is 0 Å². The molecule has 1 aromatic rings. The number of benzene rings is 1. The molecule has 0 amide bonds. The predicted molar refractivity (Wildman–Crippen MR) is 59.0 cm³/mol. The van der Waals surface area contributed by atoms with E-state index < -0.39 is 4.33 Å². The molecule has 0 aliphatic heterocycles. The Hall–Kier alpha value is -0.530. The molecule has 0 spiro atoms. The summed E-state index contributed by atoms with van der Waals surface area (Å²) >= 11 is 11.9. The van der Waals surface area contributed by atoms with Crippen LogP contribution in [0.4, 0.5) is 0 Å². The summed E-state index contributed by atoms with van der Waals surface area (Å²) in [6, 6.07) is 9.67. The largest absolute Gasteiger partial charge is 0.289 e. The van der Waals surface area contributed by atoms with E-state index in [0.717, 1.165) is 5.56 Å². The lowest BCUT2D eigenvalue weighted by molar-refractivity contribution is 1.16. The van der Waals surface area contributed by atoms with E-state index in [1.54, 1.807) is 14.0 Å². The number of rotatable bonds is 2.